The van der Waals surface area contributed by atoms with Crippen LogP contribution in [0.15, 0.2) is 18.2 Å². The highest BCUT2D eigenvalue weighted by molar-refractivity contribution is 6.84. The van der Waals surface area contributed by atoms with Gasteiger partial charge in [0.25, 0.3) is 0 Å². The highest BCUT2D eigenvalue weighted by Crippen LogP contribution is 2.31. The molecule has 1 rings (SSSR count). The standard InChI is InChI=1S/C15H28O3Si2/c1-17-14-11-7-9-13(15(14)16)10-8-12-20(5,6)18-19(2,3)4/h7,9,11,16H,8,10,12H2,1-6H3. The van der Waals surface area contributed by atoms with Crippen molar-refractivity contribution >= 4 is 16.6 Å². The Morgan fingerprint density at radius 3 is 2.30 bits per heavy atom. The smallest absolute Gasteiger partial charge is 0.173 e. The lowest BCUT2D eigenvalue weighted by Crippen LogP contribution is -2.42. The molecule has 3 nitrogen and oxygen atoms in total. The number of methoxy groups -OCH3 is 1. The summed E-state index contributed by atoms with van der Waals surface area (Å²) in [5.41, 5.74) is 0.960. The normalized spacial score (nSPS) is 12.5. The second kappa shape index (κ2) is 6.78. The van der Waals surface area contributed by atoms with E-state index in [-0.39, 0.29) is 5.75 Å². The fraction of sp³-hybridized carbons (Fsp3) is 0.600. The number of hydrogen-bond acceptors (Lipinski definition) is 3. The molecule has 0 saturated carbocycles. The minimum atomic E-state index is -1.58. The maximum Gasteiger partial charge on any atom is 0.173 e. The molecule has 114 valence electrons. The van der Waals surface area contributed by atoms with E-state index in [1.807, 2.05) is 12.1 Å². The van der Waals surface area contributed by atoms with Crippen LogP contribution in [0, 0.1) is 0 Å². The van der Waals surface area contributed by atoms with Crippen LogP contribution in [-0.2, 0) is 10.5 Å². The van der Waals surface area contributed by atoms with Gasteiger partial charge in [0.2, 0.25) is 0 Å². The van der Waals surface area contributed by atoms with Crippen molar-refractivity contribution in [2.75, 3.05) is 7.11 Å². The van der Waals surface area contributed by atoms with Crippen LogP contribution in [-0.4, -0.2) is 28.9 Å². The fourth-order valence-corrected chi connectivity index (χ4v) is 10.6. The van der Waals surface area contributed by atoms with E-state index in [4.69, 9.17) is 8.85 Å². The zero-order valence-corrected chi connectivity index (χ0v) is 15.6. The van der Waals surface area contributed by atoms with Gasteiger partial charge in [-0.2, -0.15) is 0 Å². The SMILES string of the molecule is COc1cccc(CCC[Si](C)(C)O[Si](C)(C)C)c1O. The molecule has 0 radical (unpaired) electrons. The van der Waals surface area contributed by atoms with Gasteiger partial charge in [0, 0.05) is 0 Å². The first-order chi connectivity index (χ1) is 9.14. The van der Waals surface area contributed by atoms with Crippen LogP contribution in [0.1, 0.15) is 12.0 Å². The number of benzene rings is 1. The molecule has 20 heavy (non-hydrogen) atoms. The lowest BCUT2D eigenvalue weighted by molar-refractivity contribution is 0.370. The van der Waals surface area contributed by atoms with E-state index in [0.717, 1.165) is 24.4 Å². The second-order valence-corrected chi connectivity index (χ2v) is 15.9. The molecule has 0 spiro atoms. The van der Waals surface area contributed by atoms with Crippen molar-refractivity contribution in [1.29, 1.82) is 0 Å². The van der Waals surface area contributed by atoms with E-state index in [9.17, 15) is 5.11 Å². The van der Waals surface area contributed by atoms with Crippen molar-refractivity contribution in [3.8, 4) is 11.5 Å². The van der Waals surface area contributed by atoms with Crippen LogP contribution in [0.4, 0.5) is 0 Å². The Kier molecular flexibility index (Phi) is 5.85. The molecule has 0 aliphatic rings. The summed E-state index contributed by atoms with van der Waals surface area (Å²) < 4.78 is 11.5. The number of aromatic hydroxyl groups is 1. The third-order valence-electron chi connectivity index (χ3n) is 3.11. The molecule has 0 fully saturated rings. The van der Waals surface area contributed by atoms with Crippen LogP contribution in [0.3, 0.4) is 0 Å². The van der Waals surface area contributed by atoms with Crippen molar-refractivity contribution in [1.82, 2.24) is 0 Å². The molecule has 0 atom stereocenters. The molecule has 0 amide bonds. The molecule has 0 aliphatic carbocycles. The first kappa shape index (κ1) is 17.3. The molecule has 1 aromatic rings. The molecule has 1 aromatic carbocycles. The van der Waals surface area contributed by atoms with Gasteiger partial charge >= 0.3 is 0 Å². The van der Waals surface area contributed by atoms with E-state index >= 15 is 0 Å². The minimum Gasteiger partial charge on any atom is -0.504 e. The average molecular weight is 313 g/mol. The summed E-state index contributed by atoms with van der Waals surface area (Å²) in [4.78, 5) is 0. The molecule has 5 heteroatoms. The van der Waals surface area contributed by atoms with Crippen molar-refractivity contribution in [2.24, 2.45) is 0 Å². The van der Waals surface area contributed by atoms with Crippen molar-refractivity contribution < 1.29 is 14.0 Å². The molecule has 0 aliphatic heterocycles. The van der Waals surface area contributed by atoms with E-state index in [1.165, 1.54) is 0 Å². The largest absolute Gasteiger partial charge is 0.504 e. The van der Waals surface area contributed by atoms with Gasteiger partial charge in [0.05, 0.1) is 7.11 Å². The lowest BCUT2D eigenvalue weighted by atomic mass is 10.1. The van der Waals surface area contributed by atoms with Crippen LogP contribution in [0.2, 0.25) is 38.8 Å². The molecular formula is C15H28O3Si2. The van der Waals surface area contributed by atoms with E-state index in [1.54, 1.807) is 13.2 Å². The first-order valence-corrected chi connectivity index (χ1v) is 13.7. The summed E-state index contributed by atoms with van der Waals surface area (Å²) in [6.45, 7) is 11.3. The van der Waals surface area contributed by atoms with Gasteiger partial charge in [-0.1, -0.05) is 12.1 Å². The lowest BCUT2D eigenvalue weighted by Gasteiger charge is -2.31. The Morgan fingerprint density at radius 2 is 1.75 bits per heavy atom. The number of phenolic OH excluding ortho intramolecular Hbond substituents is 1. The summed E-state index contributed by atoms with van der Waals surface area (Å²) in [5, 5.41) is 10.1. The van der Waals surface area contributed by atoms with Crippen LogP contribution in [0.25, 0.3) is 0 Å². The number of phenols is 1. The molecule has 0 heterocycles. The minimum absolute atomic E-state index is 0.278. The Bertz CT molecular complexity index is 439. The number of rotatable bonds is 7. The quantitative estimate of drug-likeness (QED) is 0.759. The van der Waals surface area contributed by atoms with E-state index in [0.29, 0.717) is 5.75 Å². The molecule has 0 unspecified atom stereocenters. The van der Waals surface area contributed by atoms with Gasteiger partial charge in [-0.05, 0) is 63.3 Å². The maximum absolute atomic E-state index is 10.1. The Labute approximate surface area is 125 Å². The predicted molar refractivity (Wildman–Crippen MR) is 89.7 cm³/mol. The second-order valence-electron chi connectivity index (χ2n) is 6.80. The number of ether oxygens (including phenoxy) is 1. The molecule has 0 bridgehead atoms. The van der Waals surface area contributed by atoms with Crippen LogP contribution < -0.4 is 4.74 Å². The summed E-state index contributed by atoms with van der Waals surface area (Å²) in [5.74, 6) is 0.831. The van der Waals surface area contributed by atoms with Crippen molar-refractivity contribution in [3.63, 3.8) is 0 Å². The molecule has 0 saturated heterocycles. The van der Waals surface area contributed by atoms with Crippen LogP contribution in [0.5, 0.6) is 11.5 Å². The molecular weight excluding hydrogens is 284 g/mol. The highest BCUT2D eigenvalue weighted by atomic mass is 28.4. The third kappa shape index (κ3) is 5.68. The van der Waals surface area contributed by atoms with Crippen molar-refractivity contribution in [2.45, 2.75) is 51.6 Å². The zero-order chi connectivity index (χ0) is 15.4. The number of hydrogen-bond donors (Lipinski definition) is 1. The Hall–Kier alpha value is -0.786. The highest BCUT2D eigenvalue weighted by Gasteiger charge is 2.29. The summed E-state index contributed by atoms with van der Waals surface area (Å²) >= 11 is 0. The van der Waals surface area contributed by atoms with E-state index in [2.05, 4.69) is 32.7 Å². The number of aryl methyl sites for hydroxylation is 1. The van der Waals surface area contributed by atoms with Gasteiger partial charge in [-0.3, -0.25) is 0 Å². The predicted octanol–water partition coefficient (Wildman–Crippen LogP) is 4.39. The monoisotopic (exact) mass is 312 g/mol. The van der Waals surface area contributed by atoms with Gasteiger partial charge < -0.3 is 14.0 Å². The fourth-order valence-electron chi connectivity index (χ4n) is 2.52. The summed E-state index contributed by atoms with van der Waals surface area (Å²) in [6, 6.07) is 6.79. The average Bonchev–Trinajstić information content (AvgIpc) is 2.28. The maximum atomic E-state index is 10.1. The molecule has 0 aromatic heterocycles. The van der Waals surface area contributed by atoms with Gasteiger partial charge in [-0.15, -0.1) is 0 Å². The van der Waals surface area contributed by atoms with Crippen molar-refractivity contribution in [3.05, 3.63) is 23.8 Å². The third-order valence-corrected chi connectivity index (χ3v) is 9.33. The molecule has 1 N–H and O–H groups in total. The Morgan fingerprint density at radius 1 is 1.10 bits per heavy atom. The summed E-state index contributed by atoms with van der Waals surface area (Å²) in [7, 11) is -1.46. The zero-order valence-electron chi connectivity index (χ0n) is 13.6. The van der Waals surface area contributed by atoms with Crippen LogP contribution >= 0.6 is 0 Å². The number of para-hydroxylation sites is 1. The van der Waals surface area contributed by atoms with Gasteiger partial charge in [0.15, 0.2) is 28.1 Å². The topological polar surface area (TPSA) is 38.7 Å². The van der Waals surface area contributed by atoms with Gasteiger partial charge in [0.1, 0.15) is 0 Å². The van der Waals surface area contributed by atoms with Gasteiger partial charge in [-0.25, -0.2) is 0 Å². The summed E-state index contributed by atoms with van der Waals surface area (Å²) in [6.07, 6.45) is 1.92. The van der Waals surface area contributed by atoms with E-state index < -0.39 is 16.6 Å². The Balaban J connectivity index is 2.56. The first-order valence-electron chi connectivity index (χ1n) is 7.20.